The zero-order chi connectivity index (χ0) is 13.8. The van der Waals surface area contributed by atoms with Crippen LogP contribution in [0.15, 0.2) is 30.5 Å². The molecule has 5 nitrogen and oxygen atoms in total. The summed E-state index contributed by atoms with van der Waals surface area (Å²) in [5, 5.41) is 3.65. The van der Waals surface area contributed by atoms with Crippen LogP contribution >= 0.6 is 11.6 Å². The van der Waals surface area contributed by atoms with Gasteiger partial charge in [-0.25, -0.2) is 9.97 Å². The van der Waals surface area contributed by atoms with Crippen LogP contribution < -0.4 is 5.32 Å². The molecule has 0 aliphatic carbocycles. The monoisotopic (exact) mass is 290 g/mol. The van der Waals surface area contributed by atoms with Crippen LogP contribution in [0.4, 0.5) is 5.82 Å². The Morgan fingerprint density at radius 3 is 3.05 bits per heavy atom. The molecule has 2 aromatic heterocycles. The van der Waals surface area contributed by atoms with Gasteiger partial charge in [-0.15, -0.1) is 0 Å². The summed E-state index contributed by atoms with van der Waals surface area (Å²) in [5.74, 6) is 1.22. The third-order valence-corrected chi connectivity index (χ3v) is 3.32. The average Bonchev–Trinajstić information content (AvgIpc) is 2.99. The number of halogens is 1. The Morgan fingerprint density at radius 1 is 1.35 bits per heavy atom. The molecule has 1 fully saturated rings. The van der Waals surface area contributed by atoms with Gasteiger partial charge >= 0.3 is 0 Å². The van der Waals surface area contributed by atoms with E-state index in [1.54, 1.807) is 12.3 Å². The van der Waals surface area contributed by atoms with Crippen molar-refractivity contribution in [3.8, 4) is 11.5 Å². The molecule has 3 rings (SSSR count). The van der Waals surface area contributed by atoms with Gasteiger partial charge in [-0.1, -0.05) is 17.7 Å². The molecule has 2 aromatic rings. The molecule has 1 aliphatic heterocycles. The largest absolute Gasteiger partial charge is 0.376 e. The van der Waals surface area contributed by atoms with E-state index in [0.29, 0.717) is 22.5 Å². The summed E-state index contributed by atoms with van der Waals surface area (Å²) in [4.78, 5) is 12.9. The Hall–Kier alpha value is -1.72. The number of ether oxygens (including phenoxy) is 1. The number of rotatable bonds is 4. The van der Waals surface area contributed by atoms with E-state index in [1.165, 1.54) is 0 Å². The van der Waals surface area contributed by atoms with Crippen LogP contribution in [0.25, 0.3) is 11.5 Å². The molecule has 1 N–H and O–H groups in total. The molecule has 0 aromatic carbocycles. The second kappa shape index (κ2) is 6.15. The molecule has 0 spiro atoms. The summed E-state index contributed by atoms with van der Waals surface area (Å²) in [6.07, 6.45) is 4.16. The molecular weight excluding hydrogens is 276 g/mol. The number of aromatic nitrogens is 3. The van der Waals surface area contributed by atoms with Crippen molar-refractivity contribution in [2.24, 2.45) is 0 Å². The minimum Gasteiger partial charge on any atom is -0.376 e. The Balaban J connectivity index is 1.76. The van der Waals surface area contributed by atoms with Crippen LogP contribution in [0, 0.1) is 0 Å². The molecule has 1 aliphatic rings. The zero-order valence-electron chi connectivity index (χ0n) is 10.9. The quantitative estimate of drug-likeness (QED) is 0.878. The highest BCUT2D eigenvalue weighted by molar-refractivity contribution is 6.29. The molecule has 3 heterocycles. The lowest BCUT2D eigenvalue weighted by Crippen LogP contribution is -2.19. The van der Waals surface area contributed by atoms with E-state index in [9.17, 15) is 0 Å². The molecule has 0 unspecified atom stereocenters. The molecule has 0 radical (unpaired) electrons. The first-order valence-corrected chi connectivity index (χ1v) is 7.00. The fourth-order valence-corrected chi connectivity index (χ4v) is 2.32. The first-order chi connectivity index (χ1) is 9.81. The van der Waals surface area contributed by atoms with Gasteiger partial charge in [0.15, 0.2) is 5.82 Å². The first kappa shape index (κ1) is 13.3. The maximum atomic E-state index is 6.05. The summed E-state index contributed by atoms with van der Waals surface area (Å²) in [6.45, 7) is 1.57. The van der Waals surface area contributed by atoms with Crippen molar-refractivity contribution >= 4 is 17.4 Å². The van der Waals surface area contributed by atoms with E-state index < -0.39 is 0 Å². The number of pyridine rings is 1. The van der Waals surface area contributed by atoms with Crippen molar-refractivity contribution in [1.29, 1.82) is 0 Å². The van der Waals surface area contributed by atoms with Gasteiger partial charge in [0.2, 0.25) is 0 Å². The first-order valence-electron chi connectivity index (χ1n) is 6.63. The second-order valence-electron chi connectivity index (χ2n) is 4.63. The fourth-order valence-electron chi connectivity index (χ4n) is 2.14. The molecule has 20 heavy (non-hydrogen) atoms. The molecule has 1 atom stereocenters. The van der Waals surface area contributed by atoms with E-state index in [2.05, 4.69) is 20.3 Å². The standard InChI is InChI=1S/C14H15ClN4O/c15-12-8-13(17-9-10-4-3-7-20-10)19-14(18-12)11-5-1-2-6-16-11/h1-2,5-6,8,10H,3-4,7,9H2,(H,17,18,19)/t10-/m0/s1. The Morgan fingerprint density at radius 2 is 2.30 bits per heavy atom. The van der Waals surface area contributed by atoms with Gasteiger partial charge < -0.3 is 10.1 Å². The van der Waals surface area contributed by atoms with Gasteiger partial charge in [-0.2, -0.15) is 0 Å². The van der Waals surface area contributed by atoms with Crippen LogP contribution in [-0.4, -0.2) is 34.2 Å². The summed E-state index contributed by atoms with van der Waals surface area (Å²) >= 11 is 6.05. The van der Waals surface area contributed by atoms with Crippen molar-refractivity contribution in [3.05, 3.63) is 35.6 Å². The van der Waals surface area contributed by atoms with E-state index in [-0.39, 0.29) is 6.10 Å². The lowest BCUT2D eigenvalue weighted by Gasteiger charge is -2.12. The zero-order valence-corrected chi connectivity index (χ0v) is 11.7. The van der Waals surface area contributed by atoms with Crippen molar-refractivity contribution in [2.45, 2.75) is 18.9 Å². The van der Waals surface area contributed by atoms with Crippen molar-refractivity contribution in [2.75, 3.05) is 18.5 Å². The number of anilines is 1. The number of nitrogens with one attached hydrogen (secondary N) is 1. The molecule has 0 saturated carbocycles. The maximum absolute atomic E-state index is 6.05. The Kier molecular flexibility index (Phi) is 4.08. The van der Waals surface area contributed by atoms with E-state index in [0.717, 1.165) is 26.0 Å². The molecule has 6 heteroatoms. The molecule has 0 amide bonds. The van der Waals surface area contributed by atoms with Gasteiger partial charge in [0, 0.05) is 25.4 Å². The predicted molar refractivity (Wildman–Crippen MR) is 77.7 cm³/mol. The highest BCUT2D eigenvalue weighted by Gasteiger charge is 2.15. The fraction of sp³-hybridized carbons (Fsp3) is 0.357. The topological polar surface area (TPSA) is 59.9 Å². The van der Waals surface area contributed by atoms with Crippen molar-refractivity contribution in [1.82, 2.24) is 15.0 Å². The molecular formula is C14H15ClN4O. The third kappa shape index (κ3) is 3.23. The van der Waals surface area contributed by atoms with Gasteiger partial charge in [0.1, 0.15) is 16.7 Å². The lowest BCUT2D eigenvalue weighted by molar-refractivity contribution is 0.120. The molecule has 104 valence electrons. The number of hydrogen-bond donors (Lipinski definition) is 1. The second-order valence-corrected chi connectivity index (χ2v) is 5.02. The minimum atomic E-state index is 0.252. The van der Waals surface area contributed by atoms with Crippen LogP contribution in [-0.2, 0) is 4.74 Å². The minimum absolute atomic E-state index is 0.252. The Bertz CT molecular complexity index is 573. The van der Waals surface area contributed by atoms with Gasteiger partial charge in [-0.3, -0.25) is 4.98 Å². The summed E-state index contributed by atoms with van der Waals surface area (Å²) in [7, 11) is 0. The molecule has 0 bridgehead atoms. The van der Waals surface area contributed by atoms with Gasteiger partial charge in [0.05, 0.1) is 6.10 Å². The number of nitrogens with zero attached hydrogens (tertiary/aromatic N) is 3. The van der Waals surface area contributed by atoms with Crippen LogP contribution in [0.5, 0.6) is 0 Å². The van der Waals surface area contributed by atoms with Crippen molar-refractivity contribution in [3.63, 3.8) is 0 Å². The van der Waals surface area contributed by atoms with Crippen molar-refractivity contribution < 1.29 is 4.74 Å². The van der Waals surface area contributed by atoms with Gasteiger partial charge in [0.25, 0.3) is 0 Å². The highest BCUT2D eigenvalue weighted by Crippen LogP contribution is 2.19. The summed E-state index contributed by atoms with van der Waals surface area (Å²) in [6, 6.07) is 7.31. The van der Waals surface area contributed by atoms with Gasteiger partial charge in [-0.05, 0) is 25.0 Å². The average molecular weight is 291 g/mol. The highest BCUT2D eigenvalue weighted by atomic mass is 35.5. The Labute approximate surface area is 122 Å². The SMILES string of the molecule is Clc1cc(NC[C@@H]2CCCO2)nc(-c2ccccn2)n1. The summed E-state index contributed by atoms with van der Waals surface area (Å²) < 4.78 is 5.57. The third-order valence-electron chi connectivity index (χ3n) is 3.12. The maximum Gasteiger partial charge on any atom is 0.181 e. The van der Waals surface area contributed by atoms with Crippen LogP contribution in [0.3, 0.4) is 0 Å². The lowest BCUT2D eigenvalue weighted by atomic mass is 10.2. The van der Waals surface area contributed by atoms with Crippen LogP contribution in [0.1, 0.15) is 12.8 Å². The summed E-state index contributed by atoms with van der Waals surface area (Å²) in [5.41, 5.74) is 0.704. The normalized spacial score (nSPS) is 18.1. The van der Waals surface area contributed by atoms with E-state index in [1.807, 2.05) is 18.2 Å². The van der Waals surface area contributed by atoms with E-state index >= 15 is 0 Å². The number of hydrogen-bond acceptors (Lipinski definition) is 5. The predicted octanol–water partition coefficient (Wildman–Crippen LogP) is 2.78. The van der Waals surface area contributed by atoms with E-state index in [4.69, 9.17) is 16.3 Å². The molecule has 1 saturated heterocycles. The van der Waals surface area contributed by atoms with Crippen LogP contribution in [0.2, 0.25) is 5.15 Å². The smallest absolute Gasteiger partial charge is 0.181 e.